The molecule has 15 nitrogen and oxygen atoms in total. The van der Waals surface area contributed by atoms with Gasteiger partial charge in [0.25, 0.3) is 5.91 Å². The van der Waals surface area contributed by atoms with Crippen LogP contribution in [-0.4, -0.2) is 93.0 Å². The number of hydrogen-bond acceptors (Lipinski definition) is 9. The van der Waals surface area contributed by atoms with Gasteiger partial charge in [-0.25, -0.2) is 19.6 Å². The quantitative estimate of drug-likeness (QED) is 0.0790. The Hall–Kier alpha value is -7.16. The number of alkyl carbamates (subject to hydrolysis) is 1. The molecule has 0 aliphatic carbocycles. The maximum Gasteiger partial charge on any atom is 0.432 e. The van der Waals surface area contributed by atoms with Crippen LogP contribution in [0.3, 0.4) is 0 Å². The van der Waals surface area contributed by atoms with Crippen LogP contribution in [0.15, 0.2) is 102 Å². The van der Waals surface area contributed by atoms with E-state index in [1.54, 1.807) is 58.3 Å². The van der Waals surface area contributed by atoms with Crippen molar-refractivity contribution in [2.75, 3.05) is 27.3 Å². The van der Waals surface area contributed by atoms with Crippen LogP contribution in [0.2, 0.25) is 0 Å². The van der Waals surface area contributed by atoms with Crippen molar-refractivity contribution in [1.29, 1.82) is 0 Å². The molecule has 0 saturated carbocycles. The highest BCUT2D eigenvalue weighted by Gasteiger charge is 2.37. The first-order valence-corrected chi connectivity index (χ1v) is 19.8. The van der Waals surface area contributed by atoms with Crippen molar-refractivity contribution in [2.45, 2.75) is 57.2 Å². The Balaban J connectivity index is 1.11. The molecule has 1 saturated heterocycles. The molecule has 308 valence electrons. The van der Waals surface area contributed by atoms with Gasteiger partial charge in [-0.3, -0.25) is 14.4 Å². The molecule has 1 aliphatic heterocycles. The van der Waals surface area contributed by atoms with E-state index >= 15 is 0 Å². The number of aromatic nitrogens is 4. The molecular formula is C45H46N8O7. The fourth-order valence-corrected chi connectivity index (χ4v) is 7.66. The van der Waals surface area contributed by atoms with Gasteiger partial charge >= 0.3 is 12.2 Å². The van der Waals surface area contributed by atoms with E-state index in [-0.39, 0.29) is 23.6 Å². The number of nitrogens with one attached hydrogen (secondary N) is 3. The third kappa shape index (κ3) is 8.65. The number of amides is 4. The number of likely N-dealkylation sites (tertiary alicyclic amines) is 1. The smallest absolute Gasteiger partial charge is 0.432 e. The number of hydrogen-bond donors (Lipinski definition) is 3. The Morgan fingerprint density at radius 2 is 1.50 bits per heavy atom. The second-order valence-electron chi connectivity index (χ2n) is 14.6. The van der Waals surface area contributed by atoms with Crippen LogP contribution in [0.4, 0.5) is 9.59 Å². The summed E-state index contributed by atoms with van der Waals surface area (Å²) in [7, 11) is 2.48. The van der Waals surface area contributed by atoms with Gasteiger partial charge in [0.2, 0.25) is 5.91 Å². The summed E-state index contributed by atoms with van der Waals surface area (Å²) in [5, 5.41) is 2.68. The van der Waals surface area contributed by atoms with Crippen LogP contribution in [0.1, 0.15) is 95.9 Å². The number of imidazole rings is 2. The summed E-state index contributed by atoms with van der Waals surface area (Å²) in [5.41, 5.74) is 4.74. The minimum absolute atomic E-state index is 0.213. The van der Waals surface area contributed by atoms with Crippen molar-refractivity contribution in [2.24, 2.45) is 4.99 Å². The van der Waals surface area contributed by atoms with Gasteiger partial charge in [-0.2, -0.15) is 4.99 Å². The van der Waals surface area contributed by atoms with Gasteiger partial charge < -0.3 is 34.6 Å². The predicted octanol–water partition coefficient (Wildman–Crippen LogP) is 7.35. The molecule has 2 aromatic heterocycles. The summed E-state index contributed by atoms with van der Waals surface area (Å²) in [6.07, 6.45) is 1.90. The number of fused-ring (bicyclic) bond motifs is 2. The van der Waals surface area contributed by atoms with Crippen molar-refractivity contribution in [1.82, 2.24) is 35.1 Å². The molecule has 6 aromatic rings. The number of carbonyl (C=O) groups is 5. The molecule has 0 radical (unpaired) electrons. The molecule has 60 heavy (non-hydrogen) atoms. The lowest BCUT2D eigenvalue weighted by Crippen LogP contribution is -2.42. The second kappa shape index (κ2) is 18.2. The Kier molecular flexibility index (Phi) is 12.4. The molecular weight excluding hydrogens is 765 g/mol. The highest BCUT2D eigenvalue weighted by atomic mass is 16.5. The minimum Gasteiger partial charge on any atom is -0.453 e. The number of H-pyrrole nitrogens is 2. The molecule has 15 heteroatoms. The first-order chi connectivity index (χ1) is 29.1. The van der Waals surface area contributed by atoms with Gasteiger partial charge in [-0.05, 0) is 73.7 Å². The number of ketones is 1. The normalized spacial score (nSPS) is 15.5. The van der Waals surface area contributed by atoms with E-state index in [1.807, 2.05) is 62.4 Å². The van der Waals surface area contributed by atoms with Crippen LogP contribution >= 0.6 is 0 Å². The number of rotatable bonds is 13. The average molecular weight is 811 g/mol. The van der Waals surface area contributed by atoms with Crippen molar-refractivity contribution in [3.8, 4) is 0 Å². The number of ether oxygens (including phenoxy) is 2. The molecule has 3 N–H and O–H groups in total. The number of aliphatic imine (C=N–C) groups is 1. The minimum atomic E-state index is -0.941. The maximum absolute atomic E-state index is 14.2. The summed E-state index contributed by atoms with van der Waals surface area (Å²) in [5.74, 6) is -0.449. The van der Waals surface area contributed by atoms with Crippen molar-refractivity contribution >= 4 is 58.1 Å². The van der Waals surface area contributed by atoms with Gasteiger partial charge in [0.1, 0.15) is 17.7 Å². The molecule has 7 rings (SSSR count). The second-order valence-corrected chi connectivity index (χ2v) is 14.6. The lowest BCUT2D eigenvalue weighted by atomic mass is 9.98. The van der Waals surface area contributed by atoms with Gasteiger partial charge in [0.05, 0.1) is 54.3 Å². The molecule has 1 unspecified atom stereocenters. The third-order valence-corrected chi connectivity index (χ3v) is 10.7. The van der Waals surface area contributed by atoms with Crippen molar-refractivity contribution in [3.05, 3.63) is 131 Å². The molecule has 4 aromatic carbocycles. The molecule has 4 amide bonds. The van der Waals surface area contributed by atoms with Crippen molar-refractivity contribution in [3.63, 3.8) is 0 Å². The van der Waals surface area contributed by atoms with E-state index in [0.29, 0.717) is 81.9 Å². The highest BCUT2D eigenvalue weighted by molar-refractivity contribution is 6.11. The summed E-state index contributed by atoms with van der Waals surface area (Å²) in [4.78, 5) is 89.9. The van der Waals surface area contributed by atoms with Gasteiger partial charge in [0, 0.05) is 30.4 Å². The molecule has 3 heterocycles. The average Bonchev–Trinajstić information content (AvgIpc) is 4.05. The number of benzene rings is 4. The first kappa shape index (κ1) is 41.0. The maximum atomic E-state index is 14.2. The van der Waals surface area contributed by atoms with E-state index in [0.717, 1.165) is 6.42 Å². The van der Waals surface area contributed by atoms with Crippen LogP contribution in [0, 0.1) is 0 Å². The number of nitrogens with zero attached hydrogens (tertiary/aromatic N) is 5. The standard InChI is InChI=1S/C45H46N8O7/c1-5-22-52(42(55)32(26-46-44(57)59-3)28-13-8-6-9-14-28)27(2)40-47-33-20-18-30(24-35(33)49-40)39(54)31-19-21-34-36(25-31)50-41(48-34)37-17-12-23-53(37)43(56)38(51-45(58)60-4)29-15-10-7-11-16-29/h6-11,13-16,18-21,24-27,32,37-38H,5,12,17,22-23H2,1-4H3,(H,47,49)(H,48,50)(H,51,58)/b46-26+/t27-,32?,37-,38+/m0/s1. The number of aromatic amines is 2. The molecule has 0 bridgehead atoms. The van der Waals surface area contributed by atoms with Crippen LogP contribution < -0.4 is 5.32 Å². The Bertz CT molecular complexity index is 2550. The zero-order valence-electron chi connectivity index (χ0n) is 33.8. The monoisotopic (exact) mass is 810 g/mol. The van der Waals surface area contributed by atoms with E-state index in [1.165, 1.54) is 20.4 Å². The SMILES string of the molecule is CCCN(C(=O)C(/C=N/C(=O)OC)c1ccccc1)[C@@H](C)c1nc2ccc(C(=O)c3ccc4nc([C@@H]5CCCN5C(=O)[C@H](NC(=O)OC)c5ccccc5)[nH]c4c3)cc2[nH]1. The van der Waals surface area contributed by atoms with Crippen LogP contribution in [0.25, 0.3) is 22.1 Å². The summed E-state index contributed by atoms with van der Waals surface area (Å²) in [6.45, 7) is 4.76. The molecule has 4 atom stereocenters. The lowest BCUT2D eigenvalue weighted by Gasteiger charge is -2.30. The van der Waals surface area contributed by atoms with E-state index in [2.05, 4.69) is 25.0 Å². The fourth-order valence-electron chi connectivity index (χ4n) is 7.66. The highest BCUT2D eigenvalue weighted by Crippen LogP contribution is 2.34. The van der Waals surface area contributed by atoms with Gasteiger partial charge in [0.15, 0.2) is 5.78 Å². The summed E-state index contributed by atoms with van der Waals surface area (Å²) in [6, 6.07) is 26.8. The zero-order valence-corrected chi connectivity index (χ0v) is 33.8. The summed E-state index contributed by atoms with van der Waals surface area (Å²) >= 11 is 0. The van der Waals surface area contributed by atoms with Crippen LogP contribution in [-0.2, 0) is 19.1 Å². The largest absolute Gasteiger partial charge is 0.453 e. The molecule has 1 fully saturated rings. The molecule has 1 aliphatic rings. The van der Waals surface area contributed by atoms with E-state index in [4.69, 9.17) is 14.7 Å². The number of carbonyl (C=O) groups excluding carboxylic acids is 5. The van der Waals surface area contributed by atoms with E-state index < -0.39 is 30.2 Å². The van der Waals surface area contributed by atoms with Gasteiger partial charge in [-0.1, -0.05) is 67.6 Å². The fraction of sp³-hybridized carbons (Fsp3) is 0.289. The van der Waals surface area contributed by atoms with Crippen molar-refractivity contribution < 1.29 is 33.4 Å². The summed E-state index contributed by atoms with van der Waals surface area (Å²) < 4.78 is 9.50. The van der Waals surface area contributed by atoms with E-state index in [9.17, 15) is 24.0 Å². The lowest BCUT2D eigenvalue weighted by molar-refractivity contribution is -0.135. The topological polar surface area (TPSA) is 192 Å². The predicted molar refractivity (Wildman–Crippen MR) is 225 cm³/mol. The Morgan fingerprint density at radius 3 is 2.13 bits per heavy atom. The van der Waals surface area contributed by atoms with Crippen LogP contribution in [0.5, 0.6) is 0 Å². The molecule has 0 spiro atoms. The zero-order chi connectivity index (χ0) is 42.3. The number of methoxy groups -OCH3 is 2. The first-order valence-electron chi connectivity index (χ1n) is 19.8. The Labute approximate surface area is 346 Å². The Morgan fingerprint density at radius 1 is 0.867 bits per heavy atom. The van der Waals surface area contributed by atoms with Gasteiger partial charge in [-0.15, -0.1) is 0 Å². The third-order valence-electron chi connectivity index (χ3n) is 10.7.